The Balaban J connectivity index is 2.33. The first-order chi connectivity index (χ1) is 9.76. The summed E-state index contributed by atoms with van der Waals surface area (Å²) >= 11 is 0. The average Bonchev–Trinajstić information content (AvgIpc) is 2.48. The van der Waals surface area contributed by atoms with Gasteiger partial charge in [-0.05, 0) is 29.3 Å². The third-order valence-corrected chi connectivity index (χ3v) is 3.10. The number of ether oxygens (including phenoxy) is 1. The quantitative estimate of drug-likeness (QED) is 0.646. The van der Waals surface area contributed by atoms with Gasteiger partial charge in [-0.25, -0.2) is 4.79 Å². The molecule has 0 saturated heterocycles. The molecule has 0 saturated carbocycles. The Bertz CT molecular complexity index is 607. The molecule has 2 rings (SSSR count). The normalized spacial score (nSPS) is 12.1. The van der Waals surface area contributed by atoms with E-state index in [-0.39, 0.29) is 5.97 Å². The molecule has 2 aromatic carbocycles. The van der Waals surface area contributed by atoms with Gasteiger partial charge in [-0.3, -0.25) is 5.32 Å². The van der Waals surface area contributed by atoms with Crippen LogP contribution in [0.3, 0.4) is 0 Å². The van der Waals surface area contributed by atoms with Crippen molar-refractivity contribution in [1.29, 1.82) is 0 Å². The Morgan fingerprint density at radius 3 is 2.75 bits per heavy atom. The maximum absolute atomic E-state index is 12.1. The number of nitrogens with one attached hydrogen (secondary N) is 1. The molecule has 1 atom stereocenters. The summed E-state index contributed by atoms with van der Waals surface area (Å²) in [4.78, 5) is 12.1. The van der Waals surface area contributed by atoms with Gasteiger partial charge in [0.25, 0.3) is 0 Å². The van der Waals surface area contributed by atoms with Crippen LogP contribution in [0.2, 0.25) is 0 Å². The lowest BCUT2D eigenvalue weighted by molar-refractivity contribution is -0.145. The molecule has 0 amide bonds. The van der Waals surface area contributed by atoms with Gasteiger partial charge in [-0.15, -0.1) is 6.58 Å². The number of fused-ring (bicyclic) bond motifs is 1. The molecule has 20 heavy (non-hydrogen) atoms. The Morgan fingerprint density at radius 2 is 2.05 bits per heavy atom. The highest BCUT2D eigenvalue weighted by Crippen LogP contribution is 2.21. The van der Waals surface area contributed by atoms with Crippen molar-refractivity contribution in [1.82, 2.24) is 5.32 Å². The minimum absolute atomic E-state index is 0.260. The van der Waals surface area contributed by atoms with Crippen molar-refractivity contribution >= 4 is 16.7 Å². The first-order valence-corrected chi connectivity index (χ1v) is 6.76. The second kappa shape index (κ2) is 6.87. The van der Waals surface area contributed by atoms with E-state index < -0.39 is 6.04 Å². The van der Waals surface area contributed by atoms with Crippen molar-refractivity contribution in [3.8, 4) is 0 Å². The van der Waals surface area contributed by atoms with Gasteiger partial charge in [-0.2, -0.15) is 0 Å². The molecule has 0 heterocycles. The van der Waals surface area contributed by atoms with Gasteiger partial charge >= 0.3 is 5.97 Å². The number of rotatable bonds is 6. The second-order valence-corrected chi connectivity index (χ2v) is 4.49. The highest BCUT2D eigenvalue weighted by molar-refractivity contribution is 5.85. The molecule has 1 N–H and O–H groups in total. The summed E-state index contributed by atoms with van der Waals surface area (Å²) in [7, 11) is 0. The summed E-state index contributed by atoms with van der Waals surface area (Å²) in [6, 6.07) is 13.6. The standard InChI is InChI=1S/C17H19NO2/c1-3-11-18-16(17(19)20-4-2)15-10-9-13-7-5-6-8-14(13)12-15/h3,5-10,12,16,18H,1,4,11H2,2H3. The number of benzene rings is 2. The molecule has 2 aromatic rings. The largest absolute Gasteiger partial charge is 0.465 e. The lowest BCUT2D eigenvalue weighted by atomic mass is 10.0. The van der Waals surface area contributed by atoms with Crippen LogP contribution in [-0.2, 0) is 9.53 Å². The van der Waals surface area contributed by atoms with Crippen molar-refractivity contribution in [2.45, 2.75) is 13.0 Å². The van der Waals surface area contributed by atoms with Gasteiger partial charge in [0, 0.05) is 6.54 Å². The second-order valence-electron chi connectivity index (χ2n) is 4.49. The van der Waals surface area contributed by atoms with Crippen LogP contribution in [0.15, 0.2) is 55.1 Å². The maximum Gasteiger partial charge on any atom is 0.327 e. The van der Waals surface area contributed by atoms with Crippen molar-refractivity contribution in [3.63, 3.8) is 0 Å². The Morgan fingerprint density at radius 1 is 1.30 bits per heavy atom. The Hall–Kier alpha value is -2.13. The highest BCUT2D eigenvalue weighted by Gasteiger charge is 2.20. The van der Waals surface area contributed by atoms with E-state index in [4.69, 9.17) is 4.74 Å². The topological polar surface area (TPSA) is 38.3 Å². The van der Waals surface area contributed by atoms with Crippen molar-refractivity contribution < 1.29 is 9.53 Å². The van der Waals surface area contributed by atoms with Crippen LogP contribution in [-0.4, -0.2) is 19.1 Å². The molecule has 0 radical (unpaired) electrons. The molecular formula is C17H19NO2. The molecule has 0 aromatic heterocycles. The predicted molar refractivity (Wildman–Crippen MR) is 81.5 cm³/mol. The van der Waals surface area contributed by atoms with E-state index in [0.29, 0.717) is 13.2 Å². The van der Waals surface area contributed by atoms with Crippen molar-refractivity contribution in [3.05, 3.63) is 60.7 Å². The molecule has 3 nitrogen and oxygen atoms in total. The lowest BCUT2D eigenvalue weighted by Gasteiger charge is -2.17. The number of esters is 1. The van der Waals surface area contributed by atoms with Crippen LogP contribution >= 0.6 is 0 Å². The van der Waals surface area contributed by atoms with Gasteiger partial charge in [-0.1, -0.05) is 42.5 Å². The molecule has 0 aliphatic rings. The zero-order valence-electron chi connectivity index (χ0n) is 11.6. The molecule has 0 bridgehead atoms. The number of hydrogen-bond acceptors (Lipinski definition) is 3. The number of carbonyl (C=O) groups is 1. The molecule has 1 unspecified atom stereocenters. The molecule has 0 spiro atoms. The highest BCUT2D eigenvalue weighted by atomic mass is 16.5. The molecule has 0 aliphatic heterocycles. The van der Waals surface area contributed by atoms with E-state index in [9.17, 15) is 4.79 Å². The molecular weight excluding hydrogens is 250 g/mol. The zero-order chi connectivity index (χ0) is 14.4. The number of carbonyl (C=O) groups excluding carboxylic acids is 1. The van der Waals surface area contributed by atoms with Crippen molar-refractivity contribution in [2.75, 3.05) is 13.2 Å². The van der Waals surface area contributed by atoms with Gasteiger partial charge in [0.2, 0.25) is 0 Å². The summed E-state index contributed by atoms with van der Waals surface area (Å²) < 4.78 is 5.13. The first-order valence-electron chi connectivity index (χ1n) is 6.76. The fourth-order valence-corrected chi connectivity index (χ4v) is 2.15. The van der Waals surface area contributed by atoms with E-state index in [1.54, 1.807) is 6.08 Å². The van der Waals surface area contributed by atoms with Crippen LogP contribution < -0.4 is 5.32 Å². The SMILES string of the molecule is C=CCNC(C(=O)OCC)c1ccc2ccccc2c1. The molecule has 3 heteroatoms. The van der Waals surface area contributed by atoms with E-state index >= 15 is 0 Å². The first kappa shape index (κ1) is 14.3. The fraction of sp³-hybridized carbons (Fsp3) is 0.235. The maximum atomic E-state index is 12.1. The molecule has 0 aliphatic carbocycles. The smallest absolute Gasteiger partial charge is 0.327 e. The van der Waals surface area contributed by atoms with Crippen LogP contribution in [0.25, 0.3) is 10.8 Å². The molecule has 104 valence electrons. The lowest BCUT2D eigenvalue weighted by Crippen LogP contribution is -2.30. The Kier molecular flexibility index (Phi) is 4.91. The summed E-state index contributed by atoms with van der Waals surface area (Å²) in [6.07, 6.45) is 1.73. The van der Waals surface area contributed by atoms with Gasteiger partial charge in [0.15, 0.2) is 0 Å². The van der Waals surface area contributed by atoms with Gasteiger partial charge < -0.3 is 4.74 Å². The third-order valence-electron chi connectivity index (χ3n) is 3.10. The average molecular weight is 269 g/mol. The fourth-order valence-electron chi connectivity index (χ4n) is 2.15. The third kappa shape index (κ3) is 3.25. The van der Waals surface area contributed by atoms with Crippen LogP contribution in [0.5, 0.6) is 0 Å². The van der Waals surface area contributed by atoms with Crippen LogP contribution in [0, 0.1) is 0 Å². The zero-order valence-corrected chi connectivity index (χ0v) is 11.6. The molecule has 0 fully saturated rings. The summed E-state index contributed by atoms with van der Waals surface area (Å²) in [5.41, 5.74) is 0.906. The predicted octanol–water partition coefficient (Wildman–Crippen LogP) is 3.22. The Labute approximate surface area is 119 Å². The van der Waals surface area contributed by atoms with Gasteiger partial charge in [0.1, 0.15) is 6.04 Å². The van der Waals surface area contributed by atoms with Crippen LogP contribution in [0.1, 0.15) is 18.5 Å². The van der Waals surface area contributed by atoms with Gasteiger partial charge in [0.05, 0.1) is 6.61 Å². The van der Waals surface area contributed by atoms with E-state index in [1.165, 1.54) is 0 Å². The van der Waals surface area contributed by atoms with Crippen molar-refractivity contribution in [2.24, 2.45) is 0 Å². The van der Waals surface area contributed by atoms with E-state index in [1.807, 2.05) is 43.3 Å². The number of hydrogen-bond donors (Lipinski definition) is 1. The van der Waals surface area contributed by atoms with Crippen LogP contribution in [0.4, 0.5) is 0 Å². The summed E-state index contributed by atoms with van der Waals surface area (Å²) in [6.45, 7) is 6.40. The monoisotopic (exact) mass is 269 g/mol. The minimum Gasteiger partial charge on any atom is -0.465 e. The minimum atomic E-state index is -0.461. The summed E-state index contributed by atoms with van der Waals surface area (Å²) in [5.74, 6) is -0.260. The van der Waals surface area contributed by atoms with E-state index in [0.717, 1.165) is 16.3 Å². The van der Waals surface area contributed by atoms with E-state index in [2.05, 4.69) is 18.0 Å². The summed E-state index contributed by atoms with van der Waals surface area (Å²) in [5, 5.41) is 5.41.